The van der Waals surface area contributed by atoms with Gasteiger partial charge < -0.3 is 20.4 Å². The van der Waals surface area contributed by atoms with Gasteiger partial charge in [0.2, 0.25) is 17.7 Å². The van der Waals surface area contributed by atoms with Gasteiger partial charge in [-0.2, -0.15) is 0 Å². The fraction of sp³-hybridized carbons (Fsp3) is 0.609. The van der Waals surface area contributed by atoms with Gasteiger partial charge in [0, 0.05) is 45.0 Å². The maximum Gasteiger partial charge on any atom is 0.243 e. The number of carbonyl (C=O) groups excluding carboxylic acids is 3. The summed E-state index contributed by atoms with van der Waals surface area (Å²) in [5.41, 5.74) is 1.89. The van der Waals surface area contributed by atoms with Crippen LogP contribution >= 0.6 is 0 Å². The molecule has 8 heteroatoms. The summed E-state index contributed by atoms with van der Waals surface area (Å²) >= 11 is 0. The second kappa shape index (κ2) is 10.7. The third kappa shape index (κ3) is 6.27. The number of nitrogens with zero attached hydrogens (tertiary/aromatic N) is 3. The normalized spacial score (nSPS) is 20.6. The van der Waals surface area contributed by atoms with Crippen LogP contribution in [0.25, 0.3) is 0 Å². The average Bonchev–Trinajstić information content (AvgIpc) is 2.76. The number of benzene rings is 1. The summed E-state index contributed by atoms with van der Waals surface area (Å²) < 4.78 is 0. The maximum absolute atomic E-state index is 13.0. The van der Waals surface area contributed by atoms with Crippen molar-refractivity contribution in [2.75, 3.05) is 57.7 Å². The van der Waals surface area contributed by atoms with E-state index in [1.54, 1.807) is 4.90 Å². The SMILES string of the molecule is CCN1CCN(CC(=O)N2CCNC(=O)[C@@H]2CC(=O)Nc2ccc(C(C)C)cc2)CC1. The third-order valence-corrected chi connectivity index (χ3v) is 6.16. The van der Waals surface area contributed by atoms with Crippen LogP contribution in [0.5, 0.6) is 0 Å². The highest BCUT2D eigenvalue weighted by Crippen LogP contribution is 2.18. The molecule has 1 atom stereocenters. The van der Waals surface area contributed by atoms with Crippen molar-refractivity contribution in [1.29, 1.82) is 0 Å². The summed E-state index contributed by atoms with van der Waals surface area (Å²) in [7, 11) is 0. The van der Waals surface area contributed by atoms with Gasteiger partial charge in [0.15, 0.2) is 0 Å². The van der Waals surface area contributed by atoms with Crippen molar-refractivity contribution in [2.45, 2.75) is 39.2 Å². The zero-order valence-electron chi connectivity index (χ0n) is 18.9. The average molecular weight is 430 g/mol. The molecule has 2 saturated heterocycles. The Morgan fingerprint density at radius 1 is 1.06 bits per heavy atom. The van der Waals surface area contributed by atoms with Crippen molar-refractivity contribution < 1.29 is 14.4 Å². The van der Waals surface area contributed by atoms with Crippen LogP contribution in [-0.4, -0.2) is 90.8 Å². The number of anilines is 1. The Balaban J connectivity index is 1.57. The zero-order chi connectivity index (χ0) is 22.4. The van der Waals surface area contributed by atoms with Crippen molar-refractivity contribution in [3.8, 4) is 0 Å². The number of rotatable bonds is 7. The molecular formula is C23H35N5O3. The second-order valence-electron chi connectivity index (χ2n) is 8.63. The molecule has 0 bridgehead atoms. The largest absolute Gasteiger partial charge is 0.353 e. The van der Waals surface area contributed by atoms with E-state index in [0.29, 0.717) is 31.2 Å². The number of nitrogens with one attached hydrogen (secondary N) is 2. The van der Waals surface area contributed by atoms with E-state index in [9.17, 15) is 14.4 Å². The number of likely N-dealkylation sites (N-methyl/N-ethyl adjacent to an activating group) is 1. The van der Waals surface area contributed by atoms with E-state index in [0.717, 1.165) is 32.7 Å². The number of hydrogen-bond acceptors (Lipinski definition) is 5. The lowest BCUT2D eigenvalue weighted by Crippen LogP contribution is -2.60. The monoisotopic (exact) mass is 429 g/mol. The first-order valence-electron chi connectivity index (χ1n) is 11.3. The van der Waals surface area contributed by atoms with Gasteiger partial charge in [0.1, 0.15) is 6.04 Å². The number of hydrogen-bond donors (Lipinski definition) is 2. The van der Waals surface area contributed by atoms with Crippen LogP contribution < -0.4 is 10.6 Å². The number of amides is 3. The standard InChI is InChI=1S/C23H35N5O3/c1-4-26-11-13-27(14-12-26)16-22(30)28-10-9-24-23(31)20(28)15-21(29)25-19-7-5-18(6-8-19)17(2)3/h5-8,17,20H,4,9-16H2,1-3H3,(H,24,31)(H,25,29)/t20-/m0/s1. The summed E-state index contributed by atoms with van der Waals surface area (Å²) in [4.78, 5) is 44.2. The van der Waals surface area contributed by atoms with E-state index in [1.165, 1.54) is 5.56 Å². The van der Waals surface area contributed by atoms with Crippen LogP contribution in [0.4, 0.5) is 5.69 Å². The molecule has 2 heterocycles. The van der Waals surface area contributed by atoms with Crippen molar-refractivity contribution in [3.63, 3.8) is 0 Å². The Hall–Kier alpha value is -2.45. The summed E-state index contributed by atoms with van der Waals surface area (Å²) in [6.45, 7) is 12.1. The van der Waals surface area contributed by atoms with Gasteiger partial charge in [-0.15, -0.1) is 0 Å². The molecule has 0 aliphatic carbocycles. The molecule has 170 valence electrons. The van der Waals surface area contributed by atoms with E-state index in [4.69, 9.17) is 0 Å². The lowest BCUT2D eigenvalue weighted by molar-refractivity contribution is -0.145. The predicted molar refractivity (Wildman–Crippen MR) is 121 cm³/mol. The summed E-state index contributed by atoms with van der Waals surface area (Å²) in [5, 5.41) is 5.65. The van der Waals surface area contributed by atoms with Gasteiger partial charge in [0.25, 0.3) is 0 Å². The number of piperazine rings is 2. The minimum atomic E-state index is -0.770. The molecular weight excluding hydrogens is 394 g/mol. The fourth-order valence-electron chi connectivity index (χ4n) is 4.10. The Labute approximate surface area is 184 Å². The van der Waals surface area contributed by atoms with Gasteiger partial charge in [-0.25, -0.2) is 0 Å². The first-order chi connectivity index (χ1) is 14.9. The molecule has 8 nitrogen and oxygen atoms in total. The van der Waals surface area contributed by atoms with Gasteiger partial charge in [-0.1, -0.05) is 32.9 Å². The topological polar surface area (TPSA) is 85.0 Å². The fourth-order valence-corrected chi connectivity index (χ4v) is 4.10. The zero-order valence-corrected chi connectivity index (χ0v) is 18.9. The van der Waals surface area contributed by atoms with Gasteiger partial charge in [0.05, 0.1) is 13.0 Å². The lowest BCUT2D eigenvalue weighted by Gasteiger charge is -2.38. The molecule has 2 fully saturated rings. The molecule has 31 heavy (non-hydrogen) atoms. The minimum Gasteiger partial charge on any atom is -0.353 e. The van der Waals surface area contributed by atoms with E-state index < -0.39 is 6.04 Å². The van der Waals surface area contributed by atoms with E-state index in [2.05, 4.69) is 41.2 Å². The van der Waals surface area contributed by atoms with E-state index in [-0.39, 0.29) is 24.1 Å². The van der Waals surface area contributed by atoms with Crippen LogP contribution in [0.2, 0.25) is 0 Å². The Bertz CT molecular complexity index is 772. The number of carbonyl (C=O) groups is 3. The van der Waals surface area contributed by atoms with Crippen molar-refractivity contribution in [1.82, 2.24) is 20.0 Å². The summed E-state index contributed by atoms with van der Waals surface area (Å²) in [5.74, 6) is -0.200. The molecule has 2 aliphatic heterocycles. The first kappa shape index (κ1) is 23.2. The molecule has 3 amide bonds. The molecule has 2 aliphatic rings. The van der Waals surface area contributed by atoms with Crippen LogP contribution in [-0.2, 0) is 14.4 Å². The highest BCUT2D eigenvalue weighted by atomic mass is 16.2. The molecule has 0 spiro atoms. The highest BCUT2D eigenvalue weighted by molar-refractivity contribution is 5.97. The van der Waals surface area contributed by atoms with Gasteiger partial charge >= 0.3 is 0 Å². The first-order valence-corrected chi connectivity index (χ1v) is 11.3. The molecule has 3 rings (SSSR count). The molecule has 1 aromatic rings. The quantitative estimate of drug-likeness (QED) is 0.678. The van der Waals surface area contributed by atoms with Gasteiger partial charge in [-0.05, 0) is 30.2 Å². The molecule has 0 saturated carbocycles. The van der Waals surface area contributed by atoms with Crippen LogP contribution in [0.3, 0.4) is 0 Å². The molecule has 0 radical (unpaired) electrons. The van der Waals surface area contributed by atoms with Crippen molar-refractivity contribution in [2.24, 2.45) is 0 Å². The minimum absolute atomic E-state index is 0.0485. The third-order valence-electron chi connectivity index (χ3n) is 6.16. The van der Waals surface area contributed by atoms with Crippen LogP contribution in [0.1, 0.15) is 38.7 Å². The van der Waals surface area contributed by atoms with Crippen molar-refractivity contribution >= 4 is 23.4 Å². The van der Waals surface area contributed by atoms with Crippen molar-refractivity contribution in [3.05, 3.63) is 29.8 Å². The lowest BCUT2D eigenvalue weighted by atomic mass is 10.0. The predicted octanol–water partition coefficient (Wildman–Crippen LogP) is 1.10. The van der Waals surface area contributed by atoms with E-state index in [1.807, 2.05) is 24.3 Å². The second-order valence-corrected chi connectivity index (χ2v) is 8.63. The molecule has 0 unspecified atom stereocenters. The summed E-state index contributed by atoms with van der Waals surface area (Å²) in [6, 6.07) is 6.94. The Kier molecular flexibility index (Phi) is 8.03. The summed E-state index contributed by atoms with van der Waals surface area (Å²) in [6.07, 6.45) is -0.0485. The van der Waals surface area contributed by atoms with Gasteiger partial charge in [-0.3, -0.25) is 19.3 Å². The molecule has 1 aromatic carbocycles. The Morgan fingerprint density at radius 3 is 2.32 bits per heavy atom. The highest BCUT2D eigenvalue weighted by Gasteiger charge is 2.35. The molecule has 2 N–H and O–H groups in total. The molecule has 0 aromatic heterocycles. The smallest absolute Gasteiger partial charge is 0.243 e. The Morgan fingerprint density at radius 2 is 1.71 bits per heavy atom. The van der Waals surface area contributed by atoms with E-state index >= 15 is 0 Å². The maximum atomic E-state index is 13.0. The van der Waals surface area contributed by atoms with Crippen LogP contribution in [0, 0.1) is 0 Å². The van der Waals surface area contributed by atoms with Crippen LogP contribution in [0.15, 0.2) is 24.3 Å².